The fourth-order valence-corrected chi connectivity index (χ4v) is 4.51. The predicted octanol–water partition coefficient (Wildman–Crippen LogP) is 3.37. The van der Waals surface area contributed by atoms with E-state index in [2.05, 4.69) is 33.0 Å². The van der Waals surface area contributed by atoms with Crippen molar-refractivity contribution in [3.05, 3.63) is 41.5 Å². The predicted molar refractivity (Wildman–Crippen MR) is 125 cm³/mol. The van der Waals surface area contributed by atoms with Crippen LogP contribution in [-0.2, 0) is 16.1 Å². The van der Waals surface area contributed by atoms with Crippen LogP contribution < -0.4 is 10.6 Å². The van der Waals surface area contributed by atoms with Crippen molar-refractivity contribution in [3.8, 4) is 11.1 Å². The fourth-order valence-electron chi connectivity index (χ4n) is 3.54. The summed E-state index contributed by atoms with van der Waals surface area (Å²) in [5.41, 5.74) is 2.28. The molecular formula is C23H29N5O2S. The van der Waals surface area contributed by atoms with Crippen molar-refractivity contribution in [2.45, 2.75) is 20.4 Å². The molecule has 4 rings (SSSR count). The van der Waals surface area contributed by atoms with Gasteiger partial charge in [0.2, 0.25) is 5.91 Å². The van der Waals surface area contributed by atoms with Crippen molar-refractivity contribution in [1.82, 2.24) is 20.2 Å². The standard InChI is InChI=1S/C23H29N5O2S/c1-16(2)22(29)25-9-8-24-21-20-18(17-6-4-3-5-7-17)15-31-23(20)27-19(26-21)14-28-10-12-30-13-11-28/h3-7,15-16H,8-14H2,1-2H3,(H,25,29)(H,24,26,27). The molecular weight excluding hydrogens is 410 g/mol. The first kappa shape index (κ1) is 21.7. The number of thiophene rings is 1. The van der Waals surface area contributed by atoms with Crippen LogP contribution in [0.25, 0.3) is 21.3 Å². The highest BCUT2D eigenvalue weighted by Gasteiger charge is 2.18. The van der Waals surface area contributed by atoms with E-state index in [9.17, 15) is 4.79 Å². The molecule has 1 fully saturated rings. The van der Waals surface area contributed by atoms with Gasteiger partial charge in [-0.2, -0.15) is 0 Å². The van der Waals surface area contributed by atoms with Gasteiger partial charge in [0.15, 0.2) is 0 Å². The van der Waals surface area contributed by atoms with Crippen LogP contribution in [0.15, 0.2) is 35.7 Å². The third kappa shape index (κ3) is 5.39. The third-order valence-electron chi connectivity index (χ3n) is 5.27. The number of morpholine rings is 1. The quantitative estimate of drug-likeness (QED) is 0.524. The Morgan fingerprint density at radius 1 is 1.16 bits per heavy atom. The Bertz CT molecular complexity index is 1020. The summed E-state index contributed by atoms with van der Waals surface area (Å²) in [6, 6.07) is 10.3. The lowest BCUT2D eigenvalue weighted by Crippen LogP contribution is -2.36. The zero-order valence-corrected chi connectivity index (χ0v) is 18.9. The second kappa shape index (κ2) is 10.2. The maximum atomic E-state index is 11.9. The number of fused-ring (bicyclic) bond motifs is 1. The monoisotopic (exact) mass is 439 g/mol. The zero-order chi connectivity index (χ0) is 21.6. The highest BCUT2D eigenvalue weighted by atomic mass is 32.1. The molecule has 2 N–H and O–H groups in total. The molecule has 0 unspecified atom stereocenters. The molecule has 3 aromatic rings. The number of aromatic nitrogens is 2. The molecule has 7 nitrogen and oxygen atoms in total. The minimum Gasteiger partial charge on any atom is -0.379 e. The van der Waals surface area contributed by atoms with E-state index in [1.54, 1.807) is 11.3 Å². The van der Waals surface area contributed by atoms with Crippen molar-refractivity contribution in [2.75, 3.05) is 44.7 Å². The molecule has 1 aromatic carbocycles. The van der Waals surface area contributed by atoms with Gasteiger partial charge in [-0.05, 0) is 5.56 Å². The molecule has 164 valence electrons. The summed E-state index contributed by atoms with van der Waals surface area (Å²) in [7, 11) is 0. The van der Waals surface area contributed by atoms with Crippen LogP contribution in [0.2, 0.25) is 0 Å². The van der Waals surface area contributed by atoms with Gasteiger partial charge in [-0.3, -0.25) is 9.69 Å². The van der Waals surface area contributed by atoms with Crippen LogP contribution in [0, 0.1) is 5.92 Å². The second-order valence-corrected chi connectivity index (χ2v) is 8.80. The third-order valence-corrected chi connectivity index (χ3v) is 6.15. The lowest BCUT2D eigenvalue weighted by molar-refractivity contribution is -0.123. The summed E-state index contributed by atoms with van der Waals surface area (Å²) in [6.07, 6.45) is 0. The summed E-state index contributed by atoms with van der Waals surface area (Å²) in [5, 5.41) is 9.60. The van der Waals surface area contributed by atoms with Crippen molar-refractivity contribution in [3.63, 3.8) is 0 Å². The Labute approximate surface area is 186 Å². The second-order valence-electron chi connectivity index (χ2n) is 7.95. The van der Waals surface area contributed by atoms with E-state index >= 15 is 0 Å². The lowest BCUT2D eigenvalue weighted by Gasteiger charge is -2.25. The molecule has 0 spiro atoms. The van der Waals surface area contributed by atoms with Crippen molar-refractivity contribution in [1.29, 1.82) is 0 Å². The van der Waals surface area contributed by atoms with E-state index < -0.39 is 0 Å². The van der Waals surface area contributed by atoms with E-state index in [0.29, 0.717) is 19.6 Å². The number of nitrogens with zero attached hydrogens (tertiary/aromatic N) is 3. The van der Waals surface area contributed by atoms with Gasteiger partial charge in [-0.25, -0.2) is 9.97 Å². The SMILES string of the molecule is CC(C)C(=O)NCCNc1nc(CN2CCOCC2)nc2scc(-c3ccccc3)c12. The molecule has 1 aliphatic rings. The average molecular weight is 440 g/mol. The summed E-state index contributed by atoms with van der Waals surface area (Å²) in [4.78, 5) is 24.9. The smallest absolute Gasteiger partial charge is 0.222 e. The molecule has 8 heteroatoms. The van der Waals surface area contributed by atoms with E-state index in [0.717, 1.165) is 59.3 Å². The van der Waals surface area contributed by atoms with Gasteiger partial charge in [0.05, 0.1) is 25.1 Å². The molecule has 0 saturated carbocycles. The highest BCUT2D eigenvalue weighted by Crippen LogP contribution is 2.37. The summed E-state index contributed by atoms with van der Waals surface area (Å²) >= 11 is 1.64. The van der Waals surface area contributed by atoms with Crippen molar-refractivity contribution < 1.29 is 9.53 Å². The van der Waals surface area contributed by atoms with Crippen LogP contribution >= 0.6 is 11.3 Å². The molecule has 3 heterocycles. The zero-order valence-electron chi connectivity index (χ0n) is 18.1. The number of carbonyl (C=O) groups is 1. The molecule has 2 aromatic heterocycles. The van der Waals surface area contributed by atoms with Crippen LogP contribution in [-0.4, -0.2) is 60.2 Å². The maximum Gasteiger partial charge on any atom is 0.222 e. The number of anilines is 1. The van der Waals surface area contributed by atoms with E-state index in [1.165, 1.54) is 0 Å². The molecule has 31 heavy (non-hydrogen) atoms. The number of rotatable bonds is 8. The maximum absolute atomic E-state index is 11.9. The lowest BCUT2D eigenvalue weighted by atomic mass is 10.1. The molecule has 0 bridgehead atoms. The first-order valence-corrected chi connectivity index (χ1v) is 11.6. The van der Waals surface area contributed by atoms with Crippen molar-refractivity contribution >= 4 is 33.3 Å². The Hall–Kier alpha value is -2.55. The summed E-state index contributed by atoms with van der Waals surface area (Å²) in [6.45, 7) is 8.93. The van der Waals surface area contributed by atoms with Gasteiger partial charge >= 0.3 is 0 Å². The average Bonchev–Trinajstić information content (AvgIpc) is 3.22. The number of hydrogen-bond acceptors (Lipinski definition) is 7. The molecule has 0 atom stereocenters. The van der Waals surface area contributed by atoms with E-state index in [1.807, 2.05) is 32.0 Å². The topological polar surface area (TPSA) is 79.4 Å². The first-order valence-electron chi connectivity index (χ1n) is 10.8. The number of hydrogen-bond donors (Lipinski definition) is 2. The number of carbonyl (C=O) groups excluding carboxylic acids is 1. The molecule has 1 saturated heterocycles. The number of amides is 1. The van der Waals surface area contributed by atoms with Crippen LogP contribution in [0.3, 0.4) is 0 Å². The van der Waals surface area contributed by atoms with E-state index in [-0.39, 0.29) is 11.8 Å². The Balaban J connectivity index is 1.60. The van der Waals surface area contributed by atoms with Crippen LogP contribution in [0.5, 0.6) is 0 Å². The van der Waals surface area contributed by atoms with Gasteiger partial charge < -0.3 is 15.4 Å². The van der Waals surface area contributed by atoms with Gasteiger partial charge in [0.1, 0.15) is 16.5 Å². The van der Waals surface area contributed by atoms with Gasteiger partial charge in [-0.15, -0.1) is 11.3 Å². The van der Waals surface area contributed by atoms with Crippen molar-refractivity contribution in [2.24, 2.45) is 5.92 Å². The van der Waals surface area contributed by atoms with Gasteiger partial charge in [0, 0.05) is 43.0 Å². The Morgan fingerprint density at radius 2 is 1.94 bits per heavy atom. The number of benzene rings is 1. The highest BCUT2D eigenvalue weighted by molar-refractivity contribution is 7.17. The number of ether oxygens (including phenoxy) is 1. The molecule has 0 aliphatic carbocycles. The number of nitrogens with one attached hydrogen (secondary N) is 2. The largest absolute Gasteiger partial charge is 0.379 e. The molecule has 1 aliphatic heterocycles. The summed E-state index contributed by atoms with van der Waals surface area (Å²) in [5.74, 6) is 1.67. The minimum atomic E-state index is -0.0209. The molecule has 0 radical (unpaired) electrons. The molecule has 1 amide bonds. The fraction of sp³-hybridized carbons (Fsp3) is 0.435. The van der Waals surface area contributed by atoms with Crippen LogP contribution in [0.1, 0.15) is 19.7 Å². The summed E-state index contributed by atoms with van der Waals surface area (Å²) < 4.78 is 5.46. The van der Waals surface area contributed by atoms with Gasteiger partial charge in [-0.1, -0.05) is 44.2 Å². The Morgan fingerprint density at radius 3 is 2.68 bits per heavy atom. The first-order chi connectivity index (χ1) is 15.1. The van der Waals surface area contributed by atoms with Gasteiger partial charge in [0.25, 0.3) is 0 Å². The normalized spacial score (nSPS) is 14.8. The van der Waals surface area contributed by atoms with E-state index in [4.69, 9.17) is 14.7 Å². The Kier molecular flexibility index (Phi) is 7.11. The van der Waals surface area contributed by atoms with Crippen LogP contribution in [0.4, 0.5) is 5.82 Å². The minimum absolute atomic E-state index is 0.0209.